The monoisotopic (exact) mass is 655 g/mol. The van der Waals surface area contributed by atoms with Crippen LogP contribution >= 0.6 is 0 Å². The highest BCUT2D eigenvalue weighted by Crippen LogP contribution is 2.58. The predicted octanol–water partition coefficient (Wildman–Crippen LogP) is 8.35. The lowest BCUT2D eigenvalue weighted by molar-refractivity contribution is -0.243. The number of hydrogen-bond donors (Lipinski definition) is 0. The Labute approximate surface area is 270 Å². The Kier molecular flexibility index (Phi) is 7.80. The number of pyridine rings is 1. The van der Waals surface area contributed by atoms with E-state index in [9.17, 15) is 27.6 Å². The minimum Gasteiger partial charge on any atom is -0.473 e. The van der Waals surface area contributed by atoms with Gasteiger partial charge in [0.1, 0.15) is 17.6 Å². The summed E-state index contributed by atoms with van der Waals surface area (Å²) in [5, 5.41) is 13.4. The average Bonchev–Trinajstić information content (AvgIpc) is 3.57. The number of benzene rings is 1. The molecule has 0 saturated heterocycles. The Morgan fingerprint density at radius 3 is 2.19 bits per heavy atom. The highest BCUT2D eigenvalue weighted by molar-refractivity contribution is 5.88. The Hall–Kier alpha value is -4.21. The fraction of sp³-hybridized carbons (Fsp3) is 0.559. The van der Waals surface area contributed by atoms with E-state index in [2.05, 4.69) is 21.2 Å². The Morgan fingerprint density at radius 1 is 0.979 bits per heavy atom. The summed E-state index contributed by atoms with van der Waals surface area (Å²) in [5.41, 5.74) is -4.62. The fourth-order valence-electron chi connectivity index (χ4n) is 6.46. The van der Waals surface area contributed by atoms with Crippen LogP contribution in [0.1, 0.15) is 90.8 Å². The SMILES string of the molecule is CC(C)(C#N)Oc1ccc(-c2ccnc(N(CC34CCC(c5noc(C6(F)CC6)n5)(CC3)CC4)C(=O)OC(C)(C)C(F)(F)F)c2)cc1. The van der Waals surface area contributed by atoms with Crippen LogP contribution in [0.15, 0.2) is 47.1 Å². The summed E-state index contributed by atoms with van der Waals surface area (Å²) in [6.07, 6.45) is 0.304. The van der Waals surface area contributed by atoms with Crippen LogP contribution in [0.5, 0.6) is 5.75 Å². The van der Waals surface area contributed by atoms with Gasteiger partial charge in [-0.25, -0.2) is 14.2 Å². The van der Waals surface area contributed by atoms with Crippen molar-refractivity contribution in [2.75, 3.05) is 11.4 Å². The minimum atomic E-state index is -4.79. The highest BCUT2D eigenvalue weighted by atomic mass is 19.4. The van der Waals surface area contributed by atoms with Gasteiger partial charge in [0, 0.05) is 18.2 Å². The highest BCUT2D eigenvalue weighted by Gasteiger charge is 2.56. The number of rotatable bonds is 9. The number of nitriles is 1. The first kappa shape index (κ1) is 32.7. The van der Waals surface area contributed by atoms with Gasteiger partial charge in [-0.1, -0.05) is 17.3 Å². The van der Waals surface area contributed by atoms with Crippen molar-refractivity contribution >= 4 is 11.9 Å². The summed E-state index contributed by atoms with van der Waals surface area (Å²) in [4.78, 5) is 23.7. The molecule has 4 saturated carbocycles. The predicted molar refractivity (Wildman–Crippen MR) is 162 cm³/mol. The van der Waals surface area contributed by atoms with Crippen molar-refractivity contribution < 1.29 is 36.4 Å². The summed E-state index contributed by atoms with van der Waals surface area (Å²) in [5.74, 6) is 1.20. The quantitative estimate of drug-likeness (QED) is 0.211. The number of ether oxygens (including phenoxy) is 2. The third-order valence-corrected chi connectivity index (χ3v) is 9.97. The van der Waals surface area contributed by atoms with Gasteiger partial charge in [0.05, 0.1) is 0 Å². The van der Waals surface area contributed by atoms with Crippen LogP contribution in [0.2, 0.25) is 0 Å². The molecular weight excluding hydrogens is 618 g/mol. The Balaban J connectivity index is 1.25. The van der Waals surface area contributed by atoms with E-state index < -0.39 is 34.6 Å². The van der Waals surface area contributed by atoms with Gasteiger partial charge in [0.25, 0.3) is 5.89 Å². The van der Waals surface area contributed by atoms with Crippen molar-refractivity contribution in [3.63, 3.8) is 0 Å². The van der Waals surface area contributed by atoms with Gasteiger partial charge in [-0.3, -0.25) is 4.90 Å². The van der Waals surface area contributed by atoms with Crippen molar-refractivity contribution in [3.8, 4) is 22.9 Å². The van der Waals surface area contributed by atoms with Crippen LogP contribution in [-0.2, 0) is 15.8 Å². The van der Waals surface area contributed by atoms with E-state index >= 15 is 0 Å². The van der Waals surface area contributed by atoms with Gasteiger partial charge >= 0.3 is 12.3 Å². The lowest BCUT2D eigenvalue weighted by atomic mass is 9.53. The van der Waals surface area contributed by atoms with E-state index in [1.165, 1.54) is 11.1 Å². The molecule has 0 aliphatic heterocycles. The molecule has 1 aromatic carbocycles. The molecule has 250 valence electrons. The average molecular weight is 656 g/mol. The van der Waals surface area contributed by atoms with Gasteiger partial charge in [-0.15, -0.1) is 0 Å². The van der Waals surface area contributed by atoms with E-state index in [1.807, 2.05) is 0 Å². The van der Waals surface area contributed by atoms with E-state index in [0.29, 0.717) is 68.5 Å². The molecule has 47 heavy (non-hydrogen) atoms. The van der Waals surface area contributed by atoms with Gasteiger partial charge in [0.2, 0.25) is 5.60 Å². The van der Waals surface area contributed by atoms with Crippen LogP contribution in [-0.4, -0.2) is 45.1 Å². The van der Waals surface area contributed by atoms with Crippen LogP contribution in [0, 0.1) is 16.7 Å². The zero-order chi connectivity index (χ0) is 33.9. The third kappa shape index (κ3) is 6.39. The second-order valence-electron chi connectivity index (χ2n) is 14.3. The van der Waals surface area contributed by atoms with E-state index in [4.69, 9.17) is 14.0 Å². The third-order valence-electron chi connectivity index (χ3n) is 9.97. The lowest BCUT2D eigenvalue weighted by Crippen LogP contribution is -2.53. The van der Waals surface area contributed by atoms with Crippen molar-refractivity contribution in [2.24, 2.45) is 5.41 Å². The maximum Gasteiger partial charge on any atom is 0.427 e. The molecule has 7 rings (SSSR count). The maximum absolute atomic E-state index is 14.6. The number of nitrogens with zero attached hydrogens (tertiary/aromatic N) is 5. The Morgan fingerprint density at radius 2 is 1.62 bits per heavy atom. The molecule has 9 nitrogen and oxygen atoms in total. The number of hydrogen-bond acceptors (Lipinski definition) is 8. The number of halogens is 4. The molecule has 4 aliphatic rings. The van der Waals surface area contributed by atoms with Crippen molar-refractivity contribution in [1.82, 2.24) is 15.1 Å². The summed E-state index contributed by atoms with van der Waals surface area (Å²) in [7, 11) is 0. The van der Waals surface area contributed by atoms with E-state index in [-0.39, 0.29) is 23.7 Å². The van der Waals surface area contributed by atoms with Crippen molar-refractivity contribution in [3.05, 3.63) is 54.3 Å². The number of carbonyl (C=O) groups excluding carboxylic acids is 1. The molecule has 0 unspecified atom stereocenters. The number of carbonyl (C=O) groups is 1. The maximum atomic E-state index is 14.6. The molecule has 2 aromatic heterocycles. The molecule has 0 radical (unpaired) electrons. The summed E-state index contributed by atoms with van der Waals surface area (Å²) in [6.45, 7) is 5.05. The van der Waals surface area contributed by atoms with E-state index in [1.54, 1.807) is 50.2 Å². The summed E-state index contributed by atoms with van der Waals surface area (Å²) < 4.78 is 72.1. The Bertz CT molecular complexity index is 1670. The van der Waals surface area contributed by atoms with Gasteiger partial charge in [0.15, 0.2) is 17.1 Å². The van der Waals surface area contributed by atoms with Gasteiger partial charge < -0.3 is 14.0 Å². The molecule has 13 heteroatoms. The molecule has 2 bridgehead atoms. The normalized spacial score (nSPS) is 23.6. The largest absolute Gasteiger partial charge is 0.473 e. The first-order chi connectivity index (χ1) is 22.0. The number of aromatic nitrogens is 3. The van der Waals surface area contributed by atoms with Gasteiger partial charge in [-0.05, 0) is 120 Å². The standard InChI is InChI=1S/C34H37F4N5O4/c1-29(2,20-39)45-24-7-5-22(6-8-24)23-9-18-40-25(19-23)43(28(44)46-30(3,4)34(36,37)38)21-31-10-13-32(14-11-31,15-12-31)26-41-27(47-42-26)33(35)16-17-33/h5-9,18-19H,10-17,21H2,1-4H3. The molecular formula is C34H37F4N5O4. The molecule has 0 N–H and O–H groups in total. The molecule has 3 aromatic rings. The van der Waals surface area contributed by atoms with Crippen LogP contribution in [0.4, 0.5) is 28.2 Å². The van der Waals surface area contributed by atoms with Gasteiger partial charge in [-0.2, -0.15) is 23.4 Å². The molecule has 4 aliphatic carbocycles. The topological polar surface area (TPSA) is 114 Å². The second-order valence-corrected chi connectivity index (χ2v) is 14.3. The number of anilines is 1. The number of alkyl halides is 4. The van der Waals surface area contributed by atoms with Crippen LogP contribution in [0.25, 0.3) is 11.1 Å². The first-order valence-electron chi connectivity index (χ1n) is 15.8. The molecule has 0 atom stereocenters. The smallest absolute Gasteiger partial charge is 0.427 e. The molecule has 1 amide bonds. The lowest BCUT2D eigenvalue weighted by Gasteiger charge is -2.53. The van der Waals surface area contributed by atoms with Crippen molar-refractivity contribution in [2.45, 2.75) is 108 Å². The second kappa shape index (κ2) is 11.2. The number of amides is 1. The first-order valence-corrected chi connectivity index (χ1v) is 15.8. The fourth-order valence-corrected chi connectivity index (χ4v) is 6.46. The van der Waals surface area contributed by atoms with Crippen molar-refractivity contribution in [1.29, 1.82) is 5.26 Å². The summed E-state index contributed by atoms with van der Waals surface area (Å²) >= 11 is 0. The summed E-state index contributed by atoms with van der Waals surface area (Å²) in [6, 6.07) is 12.5. The minimum absolute atomic E-state index is 0.0320. The number of fused-ring (bicyclic) bond motifs is 3. The molecule has 0 spiro atoms. The molecule has 2 heterocycles. The van der Waals surface area contributed by atoms with Crippen LogP contribution < -0.4 is 9.64 Å². The molecule has 4 fully saturated rings. The van der Waals surface area contributed by atoms with Crippen LogP contribution in [0.3, 0.4) is 0 Å². The van der Waals surface area contributed by atoms with E-state index in [0.717, 1.165) is 19.4 Å². The zero-order valence-electron chi connectivity index (χ0n) is 26.8. The zero-order valence-corrected chi connectivity index (χ0v) is 26.8.